The first kappa shape index (κ1) is 11.6. The van der Waals surface area contributed by atoms with E-state index in [2.05, 4.69) is 25.1 Å². The Morgan fingerprint density at radius 1 is 1.00 bits per heavy atom. The summed E-state index contributed by atoms with van der Waals surface area (Å²) in [4.78, 5) is 0. The highest BCUT2D eigenvalue weighted by Crippen LogP contribution is 2.23. The average molecular weight is 202 g/mol. The lowest BCUT2D eigenvalue weighted by molar-refractivity contribution is 0.581. The zero-order valence-corrected chi connectivity index (χ0v) is 9.66. The monoisotopic (exact) mass is 202 g/mol. The van der Waals surface area contributed by atoms with Crippen molar-refractivity contribution in [1.29, 1.82) is 0 Å². The molecular formula is C14H18O. The molecule has 0 atom stereocenters. The molecule has 0 radical (unpaired) electrons. The van der Waals surface area contributed by atoms with E-state index in [1.54, 1.807) is 6.26 Å². The van der Waals surface area contributed by atoms with Crippen LogP contribution in [0.4, 0.5) is 0 Å². The molecule has 0 N–H and O–H groups in total. The first-order chi connectivity index (χ1) is 7.42. The van der Waals surface area contributed by atoms with Gasteiger partial charge in [-0.25, -0.2) is 0 Å². The van der Waals surface area contributed by atoms with E-state index in [4.69, 9.17) is 4.42 Å². The van der Waals surface area contributed by atoms with Crippen molar-refractivity contribution >= 4 is 0 Å². The van der Waals surface area contributed by atoms with Gasteiger partial charge in [0.2, 0.25) is 0 Å². The Kier molecular flexibility index (Phi) is 4.69. The standard InChI is InChI=1S/C12H12O.C2H6/c1-2-10-6-3-4-7-11(10)12-8-5-9-13-12;1-2/h3-9H,2H2,1H3;1-2H3. The van der Waals surface area contributed by atoms with E-state index in [0.29, 0.717) is 0 Å². The Morgan fingerprint density at radius 2 is 1.73 bits per heavy atom. The molecule has 15 heavy (non-hydrogen) atoms. The Morgan fingerprint density at radius 3 is 2.33 bits per heavy atom. The summed E-state index contributed by atoms with van der Waals surface area (Å²) in [5.41, 5.74) is 2.53. The van der Waals surface area contributed by atoms with Crippen molar-refractivity contribution in [3.63, 3.8) is 0 Å². The molecule has 0 unspecified atom stereocenters. The van der Waals surface area contributed by atoms with Crippen molar-refractivity contribution in [1.82, 2.24) is 0 Å². The average Bonchev–Trinajstić information content (AvgIpc) is 2.85. The maximum absolute atomic E-state index is 5.36. The summed E-state index contributed by atoms with van der Waals surface area (Å²) in [6.45, 7) is 6.15. The molecule has 0 bridgehead atoms. The number of aryl methyl sites for hydroxylation is 1. The molecule has 2 aromatic rings. The van der Waals surface area contributed by atoms with Crippen molar-refractivity contribution < 1.29 is 4.42 Å². The molecule has 1 aromatic carbocycles. The van der Waals surface area contributed by atoms with Gasteiger partial charge in [-0.05, 0) is 24.1 Å². The van der Waals surface area contributed by atoms with Gasteiger partial charge in [0.05, 0.1) is 6.26 Å². The molecular weight excluding hydrogens is 184 g/mol. The number of hydrogen-bond acceptors (Lipinski definition) is 1. The lowest BCUT2D eigenvalue weighted by atomic mass is 10.0. The summed E-state index contributed by atoms with van der Waals surface area (Å²) in [6.07, 6.45) is 2.75. The van der Waals surface area contributed by atoms with Gasteiger partial charge in [0.15, 0.2) is 0 Å². The summed E-state index contributed by atoms with van der Waals surface area (Å²) in [5, 5.41) is 0. The fourth-order valence-electron chi connectivity index (χ4n) is 1.50. The van der Waals surface area contributed by atoms with Crippen LogP contribution in [0.2, 0.25) is 0 Å². The third kappa shape index (κ3) is 2.72. The lowest BCUT2D eigenvalue weighted by Gasteiger charge is -2.03. The third-order valence-corrected chi connectivity index (χ3v) is 2.18. The Bertz CT molecular complexity index is 374. The molecule has 0 aliphatic rings. The summed E-state index contributed by atoms with van der Waals surface area (Å²) in [7, 11) is 0. The first-order valence-electron chi connectivity index (χ1n) is 5.53. The van der Waals surface area contributed by atoms with E-state index in [-0.39, 0.29) is 0 Å². The summed E-state index contributed by atoms with van der Waals surface area (Å²) in [5.74, 6) is 0.956. The molecule has 0 amide bonds. The molecule has 1 heterocycles. The predicted octanol–water partition coefficient (Wildman–Crippen LogP) is 4.54. The Balaban J connectivity index is 0.000000531. The molecule has 1 aromatic heterocycles. The summed E-state index contributed by atoms with van der Waals surface area (Å²) < 4.78 is 5.36. The van der Waals surface area contributed by atoms with Gasteiger partial charge < -0.3 is 4.42 Å². The molecule has 80 valence electrons. The third-order valence-electron chi connectivity index (χ3n) is 2.18. The van der Waals surface area contributed by atoms with Crippen LogP contribution in [0.3, 0.4) is 0 Å². The number of furan rings is 1. The van der Waals surface area contributed by atoms with Gasteiger partial charge in [-0.1, -0.05) is 45.0 Å². The quantitative estimate of drug-likeness (QED) is 0.697. The van der Waals surface area contributed by atoms with Crippen LogP contribution in [0.15, 0.2) is 47.1 Å². The molecule has 1 nitrogen and oxygen atoms in total. The van der Waals surface area contributed by atoms with Gasteiger partial charge in [-0.3, -0.25) is 0 Å². The summed E-state index contributed by atoms with van der Waals surface area (Å²) >= 11 is 0. The second-order valence-corrected chi connectivity index (χ2v) is 2.99. The molecule has 0 aliphatic heterocycles. The van der Waals surface area contributed by atoms with E-state index in [0.717, 1.165) is 12.2 Å². The minimum Gasteiger partial charge on any atom is -0.464 e. The maximum Gasteiger partial charge on any atom is 0.134 e. The van der Waals surface area contributed by atoms with Crippen molar-refractivity contribution in [2.24, 2.45) is 0 Å². The fraction of sp³-hybridized carbons (Fsp3) is 0.286. The van der Waals surface area contributed by atoms with E-state index < -0.39 is 0 Å². The second-order valence-electron chi connectivity index (χ2n) is 2.99. The molecule has 2 rings (SSSR count). The lowest BCUT2D eigenvalue weighted by Crippen LogP contribution is -1.84. The van der Waals surface area contributed by atoms with Crippen LogP contribution in [-0.4, -0.2) is 0 Å². The number of benzene rings is 1. The highest BCUT2D eigenvalue weighted by Gasteiger charge is 2.03. The molecule has 1 heteroatoms. The van der Waals surface area contributed by atoms with Crippen LogP contribution >= 0.6 is 0 Å². The van der Waals surface area contributed by atoms with E-state index in [1.165, 1.54) is 11.1 Å². The normalized spacial score (nSPS) is 9.27. The maximum atomic E-state index is 5.36. The molecule has 0 aliphatic carbocycles. The Labute approximate surface area is 91.7 Å². The van der Waals surface area contributed by atoms with Crippen LogP contribution in [-0.2, 0) is 6.42 Å². The molecule has 0 spiro atoms. The van der Waals surface area contributed by atoms with E-state index >= 15 is 0 Å². The highest BCUT2D eigenvalue weighted by atomic mass is 16.3. The minimum atomic E-state index is 0.956. The van der Waals surface area contributed by atoms with Crippen molar-refractivity contribution in [2.75, 3.05) is 0 Å². The fourth-order valence-corrected chi connectivity index (χ4v) is 1.50. The van der Waals surface area contributed by atoms with Crippen LogP contribution in [0.25, 0.3) is 11.3 Å². The van der Waals surface area contributed by atoms with Gasteiger partial charge >= 0.3 is 0 Å². The predicted molar refractivity (Wildman–Crippen MR) is 64.9 cm³/mol. The SMILES string of the molecule is CC.CCc1ccccc1-c1ccco1. The largest absolute Gasteiger partial charge is 0.464 e. The van der Waals surface area contributed by atoms with Crippen molar-refractivity contribution in [3.8, 4) is 11.3 Å². The van der Waals surface area contributed by atoms with Crippen LogP contribution in [0.1, 0.15) is 26.3 Å². The minimum absolute atomic E-state index is 0.956. The molecule has 0 saturated heterocycles. The highest BCUT2D eigenvalue weighted by molar-refractivity contribution is 5.61. The topological polar surface area (TPSA) is 13.1 Å². The first-order valence-corrected chi connectivity index (χ1v) is 5.53. The van der Waals surface area contributed by atoms with Crippen LogP contribution in [0, 0.1) is 0 Å². The van der Waals surface area contributed by atoms with Gasteiger partial charge in [0.1, 0.15) is 5.76 Å². The van der Waals surface area contributed by atoms with Gasteiger partial charge in [-0.15, -0.1) is 0 Å². The molecule has 0 saturated carbocycles. The van der Waals surface area contributed by atoms with Crippen LogP contribution in [0.5, 0.6) is 0 Å². The van der Waals surface area contributed by atoms with Crippen molar-refractivity contribution in [3.05, 3.63) is 48.2 Å². The molecule has 0 fully saturated rings. The Hall–Kier alpha value is -1.50. The van der Waals surface area contributed by atoms with Crippen molar-refractivity contribution in [2.45, 2.75) is 27.2 Å². The zero-order valence-electron chi connectivity index (χ0n) is 9.66. The smallest absolute Gasteiger partial charge is 0.134 e. The second kappa shape index (κ2) is 6.07. The van der Waals surface area contributed by atoms with Gasteiger partial charge in [0, 0.05) is 5.56 Å². The van der Waals surface area contributed by atoms with Crippen LogP contribution < -0.4 is 0 Å². The number of hydrogen-bond donors (Lipinski definition) is 0. The van der Waals surface area contributed by atoms with Gasteiger partial charge in [0.25, 0.3) is 0 Å². The summed E-state index contributed by atoms with van der Waals surface area (Å²) in [6, 6.07) is 12.2. The van der Waals surface area contributed by atoms with E-state index in [9.17, 15) is 0 Å². The van der Waals surface area contributed by atoms with Gasteiger partial charge in [-0.2, -0.15) is 0 Å². The number of rotatable bonds is 2. The zero-order chi connectivity index (χ0) is 11.1. The van der Waals surface area contributed by atoms with E-state index in [1.807, 2.05) is 32.0 Å².